The molecule has 0 rings (SSSR count). The minimum Gasteiger partial charge on any atom is -0.462 e. The molecule has 6 nitrogen and oxygen atoms in total. The Morgan fingerprint density at radius 1 is 0.280 bits per heavy atom. The number of carbonyl (C=O) groups excluding carboxylic acids is 3. The van der Waals surface area contributed by atoms with Gasteiger partial charge in [0.1, 0.15) is 13.2 Å². The molecule has 426 valence electrons. The SMILES string of the molecule is CC/C=C\C/C=C\C/C=C\C/C=C\C/C=C\C/C=C\CCC(=O)OC[C@H](COC(=O)CCC/C=C\C/C=C\C/C=C\CCCCCCCC)OC(=O)CCCCCCCCCCCCC/C=C\CCCCCCCC. The van der Waals surface area contributed by atoms with E-state index < -0.39 is 6.10 Å². The fourth-order valence-corrected chi connectivity index (χ4v) is 8.30. The van der Waals surface area contributed by atoms with Crippen LogP contribution in [0.25, 0.3) is 0 Å². The Kier molecular flexibility index (Phi) is 58.9. The lowest BCUT2D eigenvalue weighted by molar-refractivity contribution is -0.166. The first-order valence-corrected chi connectivity index (χ1v) is 31.0. The molecule has 0 aliphatic heterocycles. The first kappa shape index (κ1) is 70.8. The molecule has 0 N–H and O–H groups in total. The molecule has 0 unspecified atom stereocenters. The zero-order valence-corrected chi connectivity index (χ0v) is 48.8. The average Bonchev–Trinajstić information content (AvgIpc) is 3.41. The highest BCUT2D eigenvalue weighted by atomic mass is 16.6. The quantitative estimate of drug-likeness (QED) is 0.0261. The van der Waals surface area contributed by atoms with E-state index in [1.165, 1.54) is 148 Å². The molecular weight excluding hydrogens is 925 g/mol. The maximum Gasteiger partial charge on any atom is 0.306 e. The number of hydrogen-bond acceptors (Lipinski definition) is 6. The Bertz CT molecular complexity index is 1570. The fraction of sp³-hybridized carbons (Fsp3) is 0.667. The molecule has 0 radical (unpaired) electrons. The van der Waals surface area contributed by atoms with E-state index in [1.54, 1.807) is 0 Å². The van der Waals surface area contributed by atoms with E-state index in [0.29, 0.717) is 19.3 Å². The Balaban J connectivity index is 4.55. The minimum absolute atomic E-state index is 0.130. The van der Waals surface area contributed by atoms with Crippen molar-refractivity contribution in [2.75, 3.05) is 13.2 Å². The molecule has 75 heavy (non-hydrogen) atoms. The molecule has 0 aromatic heterocycles. The second kappa shape index (κ2) is 62.4. The van der Waals surface area contributed by atoms with E-state index in [1.807, 2.05) is 6.08 Å². The van der Waals surface area contributed by atoms with Crippen LogP contribution in [0, 0.1) is 0 Å². The zero-order chi connectivity index (χ0) is 54.3. The van der Waals surface area contributed by atoms with Crippen LogP contribution in [0.1, 0.15) is 278 Å². The van der Waals surface area contributed by atoms with Crippen molar-refractivity contribution in [2.24, 2.45) is 0 Å². The summed E-state index contributed by atoms with van der Waals surface area (Å²) >= 11 is 0. The maximum atomic E-state index is 12.9. The van der Waals surface area contributed by atoms with Gasteiger partial charge in [-0.05, 0) is 116 Å². The van der Waals surface area contributed by atoms with Crippen LogP contribution in [0.3, 0.4) is 0 Å². The molecular formula is C69H114O6. The standard InChI is InChI=1S/C69H114O6/c1-4-7-10-13-16-19-22-25-28-31-33-34-36-39-42-45-48-51-54-57-60-63-69(72)75-66(64-73-67(70)61-58-55-52-49-46-43-40-37-30-27-24-21-18-15-12-9-6-3)65-74-68(71)62-59-56-53-50-47-44-41-38-35-32-29-26-23-20-17-14-11-8-5-2/h8,11,17,20,25-30,35,38,40,43-44,47,49,52-53,56,66H,4-7,9-10,12-16,18-19,21-24,31-34,36-37,39,41-42,45-46,48,50-51,54-55,57-65H2,1-3H3/b11-8-,20-17-,28-25-,29-26-,30-27-,38-35-,43-40-,47-44-,52-49-,56-53-/t66-/m0/s1. The molecule has 0 bridgehead atoms. The van der Waals surface area contributed by atoms with Crippen LogP contribution in [0.4, 0.5) is 0 Å². The van der Waals surface area contributed by atoms with Crippen molar-refractivity contribution >= 4 is 17.9 Å². The van der Waals surface area contributed by atoms with E-state index in [9.17, 15) is 14.4 Å². The van der Waals surface area contributed by atoms with Gasteiger partial charge in [-0.2, -0.15) is 0 Å². The Labute approximate surface area is 462 Å². The third kappa shape index (κ3) is 60.6. The van der Waals surface area contributed by atoms with Crippen molar-refractivity contribution in [3.05, 3.63) is 122 Å². The molecule has 0 fully saturated rings. The van der Waals surface area contributed by atoms with Gasteiger partial charge < -0.3 is 14.2 Å². The third-order valence-corrected chi connectivity index (χ3v) is 12.9. The van der Waals surface area contributed by atoms with Crippen molar-refractivity contribution < 1.29 is 28.6 Å². The van der Waals surface area contributed by atoms with Crippen LogP contribution >= 0.6 is 0 Å². The summed E-state index contributed by atoms with van der Waals surface area (Å²) < 4.78 is 16.8. The van der Waals surface area contributed by atoms with E-state index in [-0.39, 0.29) is 44.0 Å². The van der Waals surface area contributed by atoms with Crippen LogP contribution in [0.5, 0.6) is 0 Å². The summed E-state index contributed by atoms with van der Waals surface area (Å²) in [6.07, 6.45) is 86.5. The largest absolute Gasteiger partial charge is 0.462 e. The van der Waals surface area contributed by atoms with E-state index in [0.717, 1.165) is 77.0 Å². The lowest BCUT2D eigenvalue weighted by Crippen LogP contribution is -2.30. The van der Waals surface area contributed by atoms with Crippen molar-refractivity contribution in [1.82, 2.24) is 0 Å². The van der Waals surface area contributed by atoms with Gasteiger partial charge in [0.05, 0.1) is 0 Å². The molecule has 0 saturated heterocycles. The summed E-state index contributed by atoms with van der Waals surface area (Å²) in [7, 11) is 0. The van der Waals surface area contributed by atoms with Crippen molar-refractivity contribution in [2.45, 2.75) is 284 Å². The summed E-state index contributed by atoms with van der Waals surface area (Å²) in [6.45, 7) is 6.42. The normalized spacial score (nSPS) is 12.9. The lowest BCUT2D eigenvalue weighted by atomic mass is 10.0. The average molecular weight is 1040 g/mol. The number of allylic oxidation sites excluding steroid dienone is 20. The summed E-state index contributed by atoms with van der Waals surface area (Å²) in [5.41, 5.74) is 0. The van der Waals surface area contributed by atoms with Crippen molar-refractivity contribution in [3.8, 4) is 0 Å². The number of unbranched alkanes of at least 4 members (excludes halogenated alkanes) is 24. The first-order valence-electron chi connectivity index (χ1n) is 31.0. The molecule has 0 aliphatic carbocycles. The predicted octanol–water partition coefficient (Wildman–Crippen LogP) is 21.2. The van der Waals surface area contributed by atoms with Gasteiger partial charge >= 0.3 is 17.9 Å². The summed E-state index contributed by atoms with van der Waals surface area (Å²) in [5, 5.41) is 0. The molecule has 0 aromatic carbocycles. The molecule has 6 heteroatoms. The van der Waals surface area contributed by atoms with Gasteiger partial charge in [-0.3, -0.25) is 14.4 Å². The molecule has 0 amide bonds. The van der Waals surface area contributed by atoms with Gasteiger partial charge in [-0.1, -0.05) is 264 Å². The lowest BCUT2D eigenvalue weighted by Gasteiger charge is -2.18. The molecule has 0 aliphatic rings. The van der Waals surface area contributed by atoms with Crippen molar-refractivity contribution in [1.29, 1.82) is 0 Å². The smallest absolute Gasteiger partial charge is 0.306 e. The topological polar surface area (TPSA) is 78.9 Å². The summed E-state index contributed by atoms with van der Waals surface area (Å²) in [4.78, 5) is 38.2. The van der Waals surface area contributed by atoms with Crippen LogP contribution in [-0.4, -0.2) is 37.2 Å². The number of esters is 3. The summed E-state index contributed by atoms with van der Waals surface area (Å²) in [5.74, 6) is -1.06. The highest BCUT2D eigenvalue weighted by Crippen LogP contribution is 2.15. The van der Waals surface area contributed by atoms with Gasteiger partial charge in [-0.25, -0.2) is 0 Å². The second-order valence-electron chi connectivity index (χ2n) is 20.2. The van der Waals surface area contributed by atoms with E-state index in [2.05, 4.69) is 136 Å². The Morgan fingerprint density at radius 2 is 0.560 bits per heavy atom. The molecule has 0 heterocycles. The highest BCUT2D eigenvalue weighted by Gasteiger charge is 2.19. The number of hydrogen-bond donors (Lipinski definition) is 0. The number of ether oxygens (including phenoxy) is 3. The molecule has 0 saturated carbocycles. The maximum absolute atomic E-state index is 12.9. The van der Waals surface area contributed by atoms with E-state index in [4.69, 9.17) is 14.2 Å². The van der Waals surface area contributed by atoms with Gasteiger partial charge in [0.15, 0.2) is 6.10 Å². The van der Waals surface area contributed by atoms with Gasteiger partial charge in [-0.15, -0.1) is 0 Å². The second-order valence-corrected chi connectivity index (χ2v) is 20.2. The first-order chi connectivity index (χ1) is 37.0. The third-order valence-electron chi connectivity index (χ3n) is 12.9. The monoisotopic (exact) mass is 1040 g/mol. The van der Waals surface area contributed by atoms with Crippen LogP contribution in [0.2, 0.25) is 0 Å². The Hall–Kier alpha value is -4.19. The molecule has 0 spiro atoms. The Morgan fingerprint density at radius 3 is 0.947 bits per heavy atom. The van der Waals surface area contributed by atoms with Gasteiger partial charge in [0.25, 0.3) is 0 Å². The number of rotatable bonds is 55. The zero-order valence-electron chi connectivity index (χ0n) is 48.8. The number of carbonyl (C=O) groups is 3. The van der Waals surface area contributed by atoms with Crippen LogP contribution in [0.15, 0.2) is 122 Å². The van der Waals surface area contributed by atoms with Crippen molar-refractivity contribution in [3.63, 3.8) is 0 Å². The van der Waals surface area contributed by atoms with Crippen LogP contribution in [-0.2, 0) is 28.6 Å². The fourth-order valence-electron chi connectivity index (χ4n) is 8.30. The predicted molar refractivity (Wildman–Crippen MR) is 325 cm³/mol. The molecule has 0 aromatic rings. The van der Waals surface area contributed by atoms with Gasteiger partial charge in [0.2, 0.25) is 0 Å². The van der Waals surface area contributed by atoms with Gasteiger partial charge in [0, 0.05) is 19.3 Å². The minimum atomic E-state index is -0.834. The molecule has 1 atom stereocenters. The van der Waals surface area contributed by atoms with Crippen LogP contribution < -0.4 is 0 Å². The summed E-state index contributed by atoms with van der Waals surface area (Å²) in [6, 6.07) is 0. The highest BCUT2D eigenvalue weighted by molar-refractivity contribution is 5.71. The van der Waals surface area contributed by atoms with E-state index >= 15 is 0 Å².